The van der Waals surface area contributed by atoms with Crippen molar-refractivity contribution in [1.82, 2.24) is 0 Å². The number of anilines is 6. The number of nitrogens with zero attached hydrogens (tertiary/aromatic N) is 2. The zero-order valence-electron chi connectivity index (χ0n) is 34.9. The summed E-state index contributed by atoms with van der Waals surface area (Å²) >= 11 is 13.9. The Morgan fingerprint density at radius 2 is 0.516 bits per heavy atom. The van der Waals surface area contributed by atoms with Crippen LogP contribution in [0.2, 0.25) is 10.0 Å². The molecule has 0 heterocycles. The Morgan fingerprint density at radius 1 is 0.219 bits per heavy atom. The standard InChI is InChI=1S/C60H42Cl2N2/c61-49-30-16-32-51(40-49)63(59-55(44-22-8-2-9-23-44)34-18-35-56(59)45-24-10-3-11-25-45)53-38-48(43-20-6-1-7-21-43)39-54(42-53)64(52-33-17-31-50(62)41-52)60-57(46-26-12-4-13-27-46)36-19-37-58(60)47-28-14-5-15-29-47/h1-42H. The predicted octanol–water partition coefficient (Wildman–Crippen LogP) is 18.3. The van der Waals surface area contributed by atoms with E-state index < -0.39 is 0 Å². The predicted molar refractivity (Wildman–Crippen MR) is 273 cm³/mol. The summed E-state index contributed by atoms with van der Waals surface area (Å²) in [5.41, 5.74) is 16.7. The van der Waals surface area contributed by atoms with Crippen LogP contribution in [0.4, 0.5) is 34.1 Å². The van der Waals surface area contributed by atoms with Gasteiger partial charge in [-0.1, -0.05) is 223 Å². The second-order valence-electron chi connectivity index (χ2n) is 15.6. The van der Waals surface area contributed by atoms with Crippen molar-refractivity contribution in [3.05, 3.63) is 265 Å². The Bertz CT molecular complexity index is 2860. The summed E-state index contributed by atoms with van der Waals surface area (Å²) in [7, 11) is 0. The van der Waals surface area contributed by atoms with Gasteiger partial charge in [-0.2, -0.15) is 0 Å². The van der Waals surface area contributed by atoms with Gasteiger partial charge in [-0.15, -0.1) is 0 Å². The Kier molecular flexibility index (Phi) is 11.6. The van der Waals surface area contributed by atoms with Crippen molar-refractivity contribution in [1.29, 1.82) is 0 Å². The van der Waals surface area contributed by atoms with Gasteiger partial charge in [-0.3, -0.25) is 0 Å². The SMILES string of the molecule is Clc1cccc(N(c2cc(-c3ccccc3)cc(N(c3cccc(Cl)c3)c3c(-c4ccccc4)cccc3-c3ccccc3)c2)c2c(-c3ccccc3)cccc2-c2ccccc2)c1. The first kappa shape index (κ1) is 40.5. The molecule has 0 spiro atoms. The molecule has 10 aromatic carbocycles. The maximum absolute atomic E-state index is 6.97. The van der Waals surface area contributed by atoms with Crippen LogP contribution in [0.5, 0.6) is 0 Å². The number of para-hydroxylation sites is 2. The summed E-state index contributed by atoms with van der Waals surface area (Å²) in [6.07, 6.45) is 0. The molecule has 0 unspecified atom stereocenters. The maximum atomic E-state index is 6.97. The molecule has 0 fully saturated rings. The lowest BCUT2D eigenvalue weighted by Crippen LogP contribution is -2.16. The molecule has 10 aromatic rings. The molecule has 0 radical (unpaired) electrons. The molecule has 306 valence electrons. The van der Waals surface area contributed by atoms with Crippen LogP contribution in [0.1, 0.15) is 0 Å². The highest BCUT2D eigenvalue weighted by atomic mass is 35.5. The molecule has 0 aromatic heterocycles. The lowest BCUT2D eigenvalue weighted by Gasteiger charge is -2.34. The lowest BCUT2D eigenvalue weighted by atomic mass is 9.93. The summed E-state index contributed by atoms with van der Waals surface area (Å²) in [4.78, 5) is 4.76. The molecule has 0 aliphatic rings. The third-order valence-corrected chi connectivity index (χ3v) is 12.0. The second kappa shape index (κ2) is 18.4. The molecule has 0 bridgehead atoms. The molecule has 0 atom stereocenters. The van der Waals surface area contributed by atoms with E-state index in [1.165, 1.54) is 0 Å². The molecule has 0 N–H and O–H groups in total. The van der Waals surface area contributed by atoms with Crippen LogP contribution in [0.15, 0.2) is 255 Å². The van der Waals surface area contributed by atoms with E-state index in [1.54, 1.807) is 0 Å². The Hall–Kier alpha value is -7.62. The molecule has 0 saturated carbocycles. The fourth-order valence-corrected chi connectivity index (χ4v) is 9.04. The molecule has 0 amide bonds. The monoisotopic (exact) mass is 860 g/mol. The van der Waals surface area contributed by atoms with Crippen LogP contribution in [0, 0.1) is 0 Å². The van der Waals surface area contributed by atoms with Crippen LogP contribution >= 0.6 is 23.2 Å². The summed E-state index contributed by atoms with van der Waals surface area (Å²) in [5.74, 6) is 0. The molecule has 0 aliphatic carbocycles. The van der Waals surface area contributed by atoms with Gasteiger partial charge in [0.05, 0.1) is 11.4 Å². The van der Waals surface area contributed by atoms with E-state index in [4.69, 9.17) is 23.2 Å². The molecule has 64 heavy (non-hydrogen) atoms. The van der Waals surface area contributed by atoms with Gasteiger partial charge in [-0.05, 0) is 88.0 Å². The average Bonchev–Trinajstić information content (AvgIpc) is 3.36. The molecule has 0 saturated heterocycles. The van der Waals surface area contributed by atoms with Gasteiger partial charge in [-0.25, -0.2) is 0 Å². The van der Waals surface area contributed by atoms with Gasteiger partial charge >= 0.3 is 0 Å². The molecule has 4 heteroatoms. The molecular weight excluding hydrogens is 820 g/mol. The van der Waals surface area contributed by atoms with Gasteiger partial charge in [0.2, 0.25) is 0 Å². The third kappa shape index (κ3) is 8.33. The van der Waals surface area contributed by atoms with Gasteiger partial charge in [0.25, 0.3) is 0 Å². The number of hydrogen-bond donors (Lipinski definition) is 0. The van der Waals surface area contributed by atoms with Crippen LogP contribution in [0.25, 0.3) is 55.6 Å². The summed E-state index contributed by atoms with van der Waals surface area (Å²) in [5, 5.41) is 1.29. The number of hydrogen-bond acceptors (Lipinski definition) is 2. The van der Waals surface area contributed by atoms with Crippen LogP contribution in [-0.4, -0.2) is 0 Å². The molecule has 0 aliphatic heterocycles. The third-order valence-electron chi connectivity index (χ3n) is 11.5. The van der Waals surface area contributed by atoms with Crippen molar-refractivity contribution in [2.24, 2.45) is 0 Å². The Morgan fingerprint density at radius 3 is 0.828 bits per heavy atom. The van der Waals surface area contributed by atoms with E-state index in [2.05, 4.69) is 240 Å². The average molecular weight is 862 g/mol. The topological polar surface area (TPSA) is 6.48 Å². The highest BCUT2D eigenvalue weighted by Crippen LogP contribution is 2.52. The first-order chi connectivity index (χ1) is 31.6. The van der Waals surface area contributed by atoms with E-state index >= 15 is 0 Å². The van der Waals surface area contributed by atoms with Crippen molar-refractivity contribution in [3.63, 3.8) is 0 Å². The van der Waals surface area contributed by atoms with Crippen molar-refractivity contribution in [2.45, 2.75) is 0 Å². The highest BCUT2D eigenvalue weighted by molar-refractivity contribution is 6.31. The first-order valence-electron chi connectivity index (χ1n) is 21.4. The van der Waals surface area contributed by atoms with E-state index in [-0.39, 0.29) is 0 Å². The molecule has 2 nitrogen and oxygen atoms in total. The second-order valence-corrected chi connectivity index (χ2v) is 16.5. The molecule has 10 rings (SSSR count). The maximum Gasteiger partial charge on any atom is 0.0618 e. The molecular formula is C60H42Cl2N2. The van der Waals surface area contributed by atoms with Crippen LogP contribution < -0.4 is 9.80 Å². The first-order valence-corrected chi connectivity index (χ1v) is 22.1. The van der Waals surface area contributed by atoms with Crippen molar-refractivity contribution < 1.29 is 0 Å². The Labute approximate surface area is 385 Å². The van der Waals surface area contributed by atoms with Gasteiger partial charge in [0.1, 0.15) is 0 Å². The zero-order chi connectivity index (χ0) is 43.2. The minimum absolute atomic E-state index is 0.644. The van der Waals surface area contributed by atoms with Crippen LogP contribution in [0.3, 0.4) is 0 Å². The number of halogens is 2. The van der Waals surface area contributed by atoms with E-state index in [1.807, 2.05) is 24.3 Å². The van der Waals surface area contributed by atoms with Crippen molar-refractivity contribution in [3.8, 4) is 55.6 Å². The minimum Gasteiger partial charge on any atom is -0.309 e. The Balaban J connectivity index is 1.34. The van der Waals surface area contributed by atoms with E-state index in [0.29, 0.717) is 10.0 Å². The normalized spacial score (nSPS) is 11.0. The summed E-state index contributed by atoms with van der Waals surface area (Å²) < 4.78 is 0. The lowest BCUT2D eigenvalue weighted by molar-refractivity contribution is 1.25. The van der Waals surface area contributed by atoms with Crippen LogP contribution in [-0.2, 0) is 0 Å². The van der Waals surface area contributed by atoms with Gasteiger partial charge < -0.3 is 9.80 Å². The number of benzene rings is 10. The van der Waals surface area contributed by atoms with E-state index in [0.717, 1.165) is 89.8 Å². The van der Waals surface area contributed by atoms with Crippen molar-refractivity contribution >= 4 is 57.3 Å². The summed E-state index contributed by atoms with van der Waals surface area (Å²) in [6.45, 7) is 0. The zero-order valence-corrected chi connectivity index (χ0v) is 36.4. The van der Waals surface area contributed by atoms with Gasteiger partial charge in [0.15, 0.2) is 0 Å². The fourth-order valence-electron chi connectivity index (χ4n) is 8.67. The largest absolute Gasteiger partial charge is 0.309 e. The fraction of sp³-hybridized carbons (Fsp3) is 0. The number of rotatable bonds is 11. The van der Waals surface area contributed by atoms with Gasteiger partial charge in [0, 0.05) is 55.0 Å². The van der Waals surface area contributed by atoms with E-state index in [9.17, 15) is 0 Å². The smallest absolute Gasteiger partial charge is 0.0618 e. The quantitative estimate of drug-likeness (QED) is 0.128. The van der Waals surface area contributed by atoms with Crippen molar-refractivity contribution in [2.75, 3.05) is 9.80 Å². The minimum atomic E-state index is 0.644. The summed E-state index contributed by atoms with van der Waals surface area (Å²) in [6, 6.07) is 89.6. The highest BCUT2D eigenvalue weighted by Gasteiger charge is 2.27.